The molecule has 1 amide bonds. The number of carbonyl (C=O) groups excluding carboxylic acids is 2. The number of benzene rings is 1. The lowest BCUT2D eigenvalue weighted by molar-refractivity contribution is -0.757. The molecule has 1 atom stereocenters. The number of aliphatic carboxylic acids is 1. The lowest BCUT2D eigenvalue weighted by Gasteiger charge is -2.17. The number of carboxylic acid groups (broad SMARTS) is 1. The fourth-order valence-electron chi connectivity index (χ4n) is 4.83. The number of rotatable bonds is 21. The maximum atomic E-state index is 12.0. The first kappa shape index (κ1) is 36.6. The van der Waals surface area contributed by atoms with Crippen LogP contribution in [0.1, 0.15) is 109 Å². The lowest BCUT2D eigenvalue weighted by Crippen LogP contribution is -2.42. The van der Waals surface area contributed by atoms with Crippen LogP contribution in [0.15, 0.2) is 42.5 Å². The molecule has 2 rings (SSSR count). The molecule has 1 saturated carbocycles. The molecular formula is C32H50N2O8. The molecule has 0 radical (unpaired) electrons. The quantitative estimate of drug-likeness (QED) is 0.0536. The largest absolute Gasteiger partial charge is 0.481 e. The Labute approximate surface area is 250 Å². The van der Waals surface area contributed by atoms with Crippen molar-refractivity contribution >= 4 is 17.8 Å². The summed E-state index contributed by atoms with van der Waals surface area (Å²) in [5.41, 5.74) is 1.50. The van der Waals surface area contributed by atoms with E-state index in [-0.39, 0.29) is 38.4 Å². The predicted molar refractivity (Wildman–Crippen MR) is 161 cm³/mol. The first-order chi connectivity index (χ1) is 20.3. The number of carbonyl (C=O) groups is 3. The van der Waals surface area contributed by atoms with E-state index in [1.807, 2.05) is 19.1 Å². The van der Waals surface area contributed by atoms with Gasteiger partial charge in [-0.1, -0.05) is 87.4 Å². The molecule has 42 heavy (non-hydrogen) atoms. The molecule has 1 fully saturated rings. The van der Waals surface area contributed by atoms with Crippen molar-refractivity contribution in [2.75, 3.05) is 13.2 Å². The number of carboxylic acids is 1. The van der Waals surface area contributed by atoms with E-state index < -0.39 is 23.1 Å². The molecule has 1 unspecified atom stereocenters. The van der Waals surface area contributed by atoms with E-state index in [9.17, 15) is 24.5 Å². The molecule has 1 aromatic rings. The molecule has 10 nitrogen and oxygen atoms in total. The Balaban J connectivity index is 0.000000465. The minimum atomic E-state index is -1.08. The fraction of sp³-hybridized carbons (Fsp3) is 0.656. The van der Waals surface area contributed by atoms with E-state index in [0.717, 1.165) is 12.3 Å². The minimum absolute atomic E-state index is 0.000639. The molecule has 10 heteroatoms. The van der Waals surface area contributed by atoms with Gasteiger partial charge >= 0.3 is 11.9 Å². The zero-order valence-electron chi connectivity index (χ0n) is 25.2. The van der Waals surface area contributed by atoms with E-state index >= 15 is 0 Å². The van der Waals surface area contributed by atoms with Crippen molar-refractivity contribution in [2.45, 2.75) is 116 Å². The van der Waals surface area contributed by atoms with Gasteiger partial charge in [-0.15, -0.1) is 10.1 Å². The molecule has 1 aliphatic carbocycles. The number of esters is 1. The van der Waals surface area contributed by atoms with Crippen LogP contribution in [0.25, 0.3) is 0 Å². The van der Waals surface area contributed by atoms with Gasteiger partial charge in [0.25, 0.3) is 5.09 Å². The van der Waals surface area contributed by atoms with E-state index in [4.69, 9.17) is 9.84 Å². The number of amides is 1. The summed E-state index contributed by atoms with van der Waals surface area (Å²) in [6.07, 6.45) is 18.7. The highest BCUT2D eigenvalue weighted by molar-refractivity contribution is 5.84. The first-order valence-corrected chi connectivity index (χ1v) is 15.4. The summed E-state index contributed by atoms with van der Waals surface area (Å²) in [4.78, 5) is 48.7. The second-order valence-corrected chi connectivity index (χ2v) is 10.7. The van der Waals surface area contributed by atoms with E-state index in [1.165, 1.54) is 63.4 Å². The van der Waals surface area contributed by atoms with E-state index in [1.54, 1.807) is 0 Å². The van der Waals surface area contributed by atoms with Gasteiger partial charge in [-0.25, -0.2) is 4.79 Å². The molecule has 0 bridgehead atoms. The van der Waals surface area contributed by atoms with Gasteiger partial charge in [0.05, 0.1) is 13.2 Å². The average molecular weight is 591 g/mol. The number of unbranched alkanes of at least 4 members (excludes halogenated alkanes) is 4. The highest BCUT2D eigenvalue weighted by Crippen LogP contribution is 2.29. The number of hydrogen-bond donors (Lipinski definition) is 2. The van der Waals surface area contributed by atoms with Gasteiger partial charge in [-0.3, -0.25) is 9.59 Å². The number of nitrogens with one attached hydrogen (secondary N) is 1. The topological polar surface area (TPSA) is 145 Å². The maximum absolute atomic E-state index is 12.0. The molecular weight excluding hydrogens is 540 g/mol. The highest BCUT2D eigenvalue weighted by Gasteiger charge is 2.23. The molecule has 2 N–H and O–H groups in total. The zero-order valence-corrected chi connectivity index (χ0v) is 25.2. The predicted octanol–water partition coefficient (Wildman–Crippen LogP) is 6.59. The average Bonchev–Trinajstić information content (AvgIpc) is 3.49. The summed E-state index contributed by atoms with van der Waals surface area (Å²) >= 11 is 0. The number of ether oxygens (including phenoxy) is 1. The van der Waals surface area contributed by atoms with Gasteiger partial charge in [0.15, 0.2) is 0 Å². The lowest BCUT2D eigenvalue weighted by atomic mass is 9.98. The normalized spacial score (nSPS) is 13.6. The number of hydrogen-bond acceptors (Lipinski definition) is 7. The van der Waals surface area contributed by atoms with Crippen LogP contribution in [-0.2, 0) is 30.4 Å². The van der Waals surface area contributed by atoms with Crippen LogP contribution in [0.3, 0.4) is 0 Å². The van der Waals surface area contributed by atoms with Gasteiger partial charge in [-0.2, -0.15) is 0 Å². The van der Waals surface area contributed by atoms with Crippen LogP contribution in [-0.4, -0.2) is 47.3 Å². The van der Waals surface area contributed by atoms with E-state index in [2.05, 4.69) is 40.5 Å². The van der Waals surface area contributed by atoms with Crippen molar-refractivity contribution in [3.8, 4) is 0 Å². The second kappa shape index (κ2) is 24.2. The highest BCUT2D eigenvalue weighted by atomic mass is 16.9. The third kappa shape index (κ3) is 20.4. The van der Waals surface area contributed by atoms with Crippen molar-refractivity contribution in [1.82, 2.24) is 5.32 Å². The Morgan fingerprint density at radius 3 is 2.40 bits per heavy atom. The molecule has 1 aromatic carbocycles. The van der Waals surface area contributed by atoms with Crippen LogP contribution in [0.2, 0.25) is 0 Å². The van der Waals surface area contributed by atoms with Crippen LogP contribution in [0.4, 0.5) is 0 Å². The number of allylic oxidation sites excluding steroid dienone is 2. The van der Waals surface area contributed by atoms with Gasteiger partial charge in [-0.05, 0) is 63.4 Å². The molecule has 0 heterocycles. The van der Waals surface area contributed by atoms with E-state index in [0.29, 0.717) is 19.3 Å². The summed E-state index contributed by atoms with van der Waals surface area (Å²) in [6.45, 7) is 1.78. The third-order valence-corrected chi connectivity index (χ3v) is 7.15. The number of aryl methyl sites for hydroxylation is 1. The Hall–Kier alpha value is -3.43. The van der Waals surface area contributed by atoms with Crippen LogP contribution < -0.4 is 5.32 Å². The smallest absolute Gasteiger partial charge is 0.328 e. The summed E-state index contributed by atoms with van der Waals surface area (Å²) in [5, 5.41) is 20.3. The van der Waals surface area contributed by atoms with Crippen LogP contribution >= 0.6 is 0 Å². The monoisotopic (exact) mass is 590 g/mol. The standard InChI is InChI=1S/C16H26N2O8.C16H24/c1-2-3-4-5-8-14(19)17-13(9-10-15(20)21)16(22)25-11-6-7-12-26-18(23)24;1-3-9-15(10-4-1)11-5-2-6-12-16-13-7-8-14-16/h2-3,13H,4-12H2,1H3,(H,17,19)(H,20,21);1,3-4,9-10,16H,2,5-8,11-14H2/b3-2-;. The zero-order chi connectivity index (χ0) is 30.8. The maximum Gasteiger partial charge on any atom is 0.328 e. The number of nitrogens with zero attached hydrogens (tertiary/aromatic N) is 1. The summed E-state index contributed by atoms with van der Waals surface area (Å²) < 4.78 is 5.00. The van der Waals surface area contributed by atoms with Crippen molar-refractivity contribution in [3.63, 3.8) is 0 Å². The summed E-state index contributed by atoms with van der Waals surface area (Å²) in [7, 11) is 0. The van der Waals surface area contributed by atoms with Gasteiger partial charge in [0, 0.05) is 12.8 Å². The Morgan fingerprint density at radius 1 is 1.02 bits per heavy atom. The third-order valence-electron chi connectivity index (χ3n) is 7.15. The Kier molecular flexibility index (Phi) is 21.1. The van der Waals surface area contributed by atoms with Crippen LogP contribution in [0.5, 0.6) is 0 Å². The van der Waals surface area contributed by atoms with Gasteiger partial charge in [0.2, 0.25) is 5.91 Å². The molecule has 0 aliphatic heterocycles. The van der Waals surface area contributed by atoms with Crippen molar-refractivity contribution < 1.29 is 34.2 Å². The van der Waals surface area contributed by atoms with Crippen LogP contribution in [0, 0.1) is 16.0 Å². The summed E-state index contributed by atoms with van der Waals surface area (Å²) in [6, 6.07) is 9.86. The van der Waals surface area contributed by atoms with Crippen molar-refractivity contribution in [1.29, 1.82) is 0 Å². The van der Waals surface area contributed by atoms with Crippen molar-refractivity contribution in [2.24, 2.45) is 5.92 Å². The minimum Gasteiger partial charge on any atom is -0.481 e. The van der Waals surface area contributed by atoms with Crippen molar-refractivity contribution in [3.05, 3.63) is 58.2 Å². The Morgan fingerprint density at radius 2 is 1.74 bits per heavy atom. The molecule has 0 saturated heterocycles. The molecule has 236 valence electrons. The molecule has 0 aromatic heterocycles. The second-order valence-electron chi connectivity index (χ2n) is 10.7. The SMILES string of the molecule is C/C=C\CCCC(=O)NC(CCC(=O)O)C(=O)OCCCCO[N+](=O)[O-].c1ccc(CCCCCC2CCCC2)cc1. The summed E-state index contributed by atoms with van der Waals surface area (Å²) in [5.74, 6) is -1.07. The Bertz CT molecular complexity index is 916. The first-order valence-electron chi connectivity index (χ1n) is 15.4. The molecule has 0 spiro atoms. The molecule has 1 aliphatic rings. The fourth-order valence-corrected chi connectivity index (χ4v) is 4.83. The van der Waals surface area contributed by atoms with Gasteiger partial charge in [0.1, 0.15) is 6.04 Å². The van der Waals surface area contributed by atoms with Gasteiger partial charge < -0.3 is 20.0 Å².